The summed E-state index contributed by atoms with van der Waals surface area (Å²) in [6, 6.07) is 0.541. The summed E-state index contributed by atoms with van der Waals surface area (Å²) in [5.41, 5.74) is 0. The van der Waals surface area contributed by atoms with Crippen LogP contribution in [0.5, 0.6) is 0 Å². The van der Waals surface area contributed by atoms with Crippen molar-refractivity contribution in [1.82, 2.24) is 5.32 Å². The van der Waals surface area contributed by atoms with Crippen LogP contribution in [0.1, 0.15) is 46.0 Å². The topological polar surface area (TPSA) is 30.5 Å². The number of hydrogen-bond donors (Lipinski definition) is 1. The van der Waals surface area contributed by atoms with Gasteiger partial charge in [0.15, 0.2) is 0 Å². The monoisotopic (exact) mass is 243 g/mol. The lowest BCUT2D eigenvalue weighted by molar-refractivity contribution is 0.0147. The lowest BCUT2D eigenvalue weighted by Gasteiger charge is -2.23. The minimum atomic E-state index is 0.541. The molecular weight excluding hydrogens is 214 g/mol. The lowest BCUT2D eigenvalue weighted by Crippen LogP contribution is -2.34. The normalized spacial score (nSPS) is 19.4. The average molecular weight is 243 g/mol. The minimum Gasteiger partial charge on any atom is -0.381 e. The molecule has 1 aliphatic rings. The second-order valence-electron chi connectivity index (χ2n) is 5.03. The number of nitrogens with one attached hydrogen (secondary N) is 1. The first-order valence-corrected chi connectivity index (χ1v) is 7.25. The zero-order valence-electron chi connectivity index (χ0n) is 11.5. The fourth-order valence-corrected chi connectivity index (χ4v) is 2.23. The number of rotatable bonds is 9. The maximum Gasteiger partial charge on any atom is 0.0619 e. The fourth-order valence-electron chi connectivity index (χ4n) is 2.23. The van der Waals surface area contributed by atoms with Gasteiger partial charge in [-0.25, -0.2) is 0 Å². The van der Waals surface area contributed by atoms with Crippen LogP contribution in [0.15, 0.2) is 0 Å². The van der Waals surface area contributed by atoms with Crippen LogP contribution in [0, 0.1) is 5.92 Å². The standard InChI is InChI=1S/C14H29NO2/c1-3-5-14(15-8-4-2)12-17-11-13-6-9-16-10-7-13/h13-15H,3-12H2,1-2H3. The van der Waals surface area contributed by atoms with Crippen LogP contribution in [-0.2, 0) is 9.47 Å². The van der Waals surface area contributed by atoms with Crippen molar-refractivity contribution in [2.75, 3.05) is 33.0 Å². The van der Waals surface area contributed by atoms with Gasteiger partial charge in [-0.05, 0) is 38.1 Å². The van der Waals surface area contributed by atoms with Crippen molar-refractivity contribution in [3.63, 3.8) is 0 Å². The molecule has 1 fully saturated rings. The summed E-state index contributed by atoms with van der Waals surface area (Å²) >= 11 is 0. The third-order valence-electron chi connectivity index (χ3n) is 3.33. The second-order valence-corrected chi connectivity index (χ2v) is 5.03. The first kappa shape index (κ1) is 14.9. The Morgan fingerprint density at radius 2 is 2.00 bits per heavy atom. The van der Waals surface area contributed by atoms with Crippen molar-refractivity contribution < 1.29 is 9.47 Å². The Labute approximate surface area is 106 Å². The van der Waals surface area contributed by atoms with Crippen molar-refractivity contribution in [2.24, 2.45) is 5.92 Å². The summed E-state index contributed by atoms with van der Waals surface area (Å²) in [5, 5.41) is 3.56. The highest BCUT2D eigenvalue weighted by Crippen LogP contribution is 2.14. The van der Waals surface area contributed by atoms with Crippen molar-refractivity contribution in [1.29, 1.82) is 0 Å². The zero-order chi connectivity index (χ0) is 12.3. The molecule has 0 aromatic carbocycles. The fraction of sp³-hybridized carbons (Fsp3) is 1.00. The van der Waals surface area contributed by atoms with Crippen molar-refractivity contribution in [2.45, 2.75) is 52.0 Å². The molecule has 17 heavy (non-hydrogen) atoms. The van der Waals surface area contributed by atoms with E-state index in [0.717, 1.165) is 38.9 Å². The van der Waals surface area contributed by atoms with Crippen LogP contribution in [0.2, 0.25) is 0 Å². The van der Waals surface area contributed by atoms with Gasteiger partial charge in [0, 0.05) is 25.9 Å². The Bertz CT molecular complexity index is 170. The number of hydrogen-bond acceptors (Lipinski definition) is 3. The van der Waals surface area contributed by atoms with Crippen molar-refractivity contribution >= 4 is 0 Å². The Morgan fingerprint density at radius 1 is 1.24 bits per heavy atom. The largest absolute Gasteiger partial charge is 0.381 e. The van der Waals surface area contributed by atoms with Gasteiger partial charge in [0.05, 0.1) is 6.61 Å². The molecule has 0 aromatic heterocycles. The van der Waals surface area contributed by atoms with Crippen LogP contribution in [0.25, 0.3) is 0 Å². The third kappa shape index (κ3) is 7.02. The molecule has 3 nitrogen and oxygen atoms in total. The predicted molar refractivity (Wildman–Crippen MR) is 71.4 cm³/mol. The SMILES string of the molecule is CCCNC(CCC)COCC1CCOCC1. The zero-order valence-corrected chi connectivity index (χ0v) is 11.5. The summed E-state index contributed by atoms with van der Waals surface area (Å²) in [6.45, 7) is 9.16. The molecule has 0 radical (unpaired) electrons. The Hall–Kier alpha value is -0.120. The van der Waals surface area contributed by atoms with E-state index < -0.39 is 0 Å². The second kappa shape index (κ2) is 9.86. The van der Waals surface area contributed by atoms with E-state index in [1.165, 1.54) is 32.1 Å². The van der Waals surface area contributed by atoms with Crippen molar-refractivity contribution in [3.8, 4) is 0 Å². The van der Waals surface area contributed by atoms with Gasteiger partial charge < -0.3 is 14.8 Å². The summed E-state index contributed by atoms with van der Waals surface area (Å²) in [7, 11) is 0. The summed E-state index contributed by atoms with van der Waals surface area (Å²) in [4.78, 5) is 0. The van der Waals surface area contributed by atoms with Gasteiger partial charge in [0.25, 0.3) is 0 Å². The molecule has 1 heterocycles. The molecule has 0 aliphatic carbocycles. The molecule has 1 unspecified atom stereocenters. The van der Waals surface area contributed by atoms with E-state index in [4.69, 9.17) is 9.47 Å². The van der Waals surface area contributed by atoms with E-state index in [2.05, 4.69) is 19.2 Å². The molecule has 1 saturated heterocycles. The van der Waals surface area contributed by atoms with Gasteiger partial charge in [-0.1, -0.05) is 20.3 Å². The van der Waals surface area contributed by atoms with Gasteiger partial charge in [-0.2, -0.15) is 0 Å². The van der Waals surface area contributed by atoms with Crippen molar-refractivity contribution in [3.05, 3.63) is 0 Å². The van der Waals surface area contributed by atoms with E-state index in [0.29, 0.717) is 6.04 Å². The van der Waals surface area contributed by atoms with E-state index in [9.17, 15) is 0 Å². The van der Waals surface area contributed by atoms with Gasteiger partial charge in [-0.15, -0.1) is 0 Å². The summed E-state index contributed by atoms with van der Waals surface area (Å²) < 4.78 is 11.2. The molecule has 0 bridgehead atoms. The molecule has 102 valence electrons. The van der Waals surface area contributed by atoms with Crippen LogP contribution in [0.4, 0.5) is 0 Å². The lowest BCUT2D eigenvalue weighted by atomic mass is 10.0. The van der Waals surface area contributed by atoms with E-state index in [1.54, 1.807) is 0 Å². The summed E-state index contributed by atoms with van der Waals surface area (Å²) in [6.07, 6.45) is 5.97. The van der Waals surface area contributed by atoms with Gasteiger partial charge in [0.2, 0.25) is 0 Å². The first-order chi connectivity index (χ1) is 8.36. The molecule has 1 rings (SSSR count). The molecule has 1 N–H and O–H groups in total. The van der Waals surface area contributed by atoms with E-state index in [1.807, 2.05) is 0 Å². The maximum atomic E-state index is 5.87. The van der Waals surface area contributed by atoms with Gasteiger partial charge >= 0.3 is 0 Å². The maximum absolute atomic E-state index is 5.87. The van der Waals surface area contributed by atoms with E-state index >= 15 is 0 Å². The van der Waals surface area contributed by atoms with Gasteiger partial charge in [-0.3, -0.25) is 0 Å². The highest BCUT2D eigenvalue weighted by atomic mass is 16.5. The highest BCUT2D eigenvalue weighted by molar-refractivity contribution is 4.67. The van der Waals surface area contributed by atoms with Crippen LogP contribution >= 0.6 is 0 Å². The summed E-state index contributed by atoms with van der Waals surface area (Å²) in [5.74, 6) is 0.720. The van der Waals surface area contributed by atoms with E-state index in [-0.39, 0.29) is 0 Å². The highest BCUT2D eigenvalue weighted by Gasteiger charge is 2.14. The molecule has 3 heteroatoms. The molecule has 1 atom stereocenters. The molecule has 0 amide bonds. The number of ether oxygens (including phenoxy) is 2. The smallest absolute Gasteiger partial charge is 0.0619 e. The molecule has 0 aromatic rings. The van der Waals surface area contributed by atoms with Crippen LogP contribution in [-0.4, -0.2) is 39.0 Å². The Kier molecular flexibility index (Phi) is 8.67. The first-order valence-electron chi connectivity index (χ1n) is 7.25. The Balaban J connectivity index is 2.07. The van der Waals surface area contributed by atoms with Crippen LogP contribution < -0.4 is 5.32 Å². The third-order valence-corrected chi connectivity index (χ3v) is 3.33. The average Bonchev–Trinajstić information content (AvgIpc) is 2.37. The molecule has 1 aliphatic heterocycles. The molecule has 0 saturated carbocycles. The predicted octanol–water partition coefficient (Wildman–Crippen LogP) is 2.60. The minimum absolute atomic E-state index is 0.541. The molecular formula is C14H29NO2. The molecule has 0 spiro atoms. The van der Waals surface area contributed by atoms with Gasteiger partial charge in [0.1, 0.15) is 0 Å². The van der Waals surface area contributed by atoms with Crippen LogP contribution in [0.3, 0.4) is 0 Å². The Morgan fingerprint density at radius 3 is 2.65 bits per heavy atom. The quantitative estimate of drug-likeness (QED) is 0.675.